The smallest absolute Gasteiger partial charge is 0.244 e. The first kappa shape index (κ1) is 22.8. The van der Waals surface area contributed by atoms with E-state index < -0.39 is 10.0 Å². The molecule has 0 atom stereocenters. The highest BCUT2D eigenvalue weighted by Gasteiger charge is 2.30. The number of nitrogens with zero attached hydrogens (tertiary/aromatic N) is 2. The van der Waals surface area contributed by atoms with Gasteiger partial charge < -0.3 is 10.2 Å². The van der Waals surface area contributed by atoms with Crippen molar-refractivity contribution < 1.29 is 18.0 Å². The molecule has 32 heavy (non-hydrogen) atoms. The largest absolute Gasteiger partial charge is 0.350 e. The molecule has 2 heterocycles. The van der Waals surface area contributed by atoms with Gasteiger partial charge in [0.1, 0.15) is 0 Å². The fourth-order valence-corrected chi connectivity index (χ4v) is 6.52. The van der Waals surface area contributed by atoms with Gasteiger partial charge in [-0.15, -0.1) is 0 Å². The third-order valence-corrected chi connectivity index (χ3v) is 8.68. The molecule has 0 aromatic heterocycles. The van der Waals surface area contributed by atoms with Gasteiger partial charge in [-0.05, 0) is 55.9 Å². The van der Waals surface area contributed by atoms with Crippen LogP contribution in [-0.4, -0.2) is 56.6 Å². The predicted molar refractivity (Wildman–Crippen MR) is 126 cm³/mol. The van der Waals surface area contributed by atoms with Crippen molar-refractivity contribution in [2.75, 3.05) is 29.7 Å². The van der Waals surface area contributed by atoms with E-state index in [-0.39, 0.29) is 23.6 Å². The summed E-state index contributed by atoms with van der Waals surface area (Å²) in [5, 5.41) is 3.04. The summed E-state index contributed by atoms with van der Waals surface area (Å²) in [5.74, 6) is 0.560. The number of sulfonamides is 1. The van der Waals surface area contributed by atoms with Crippen molar-refractivity contribution in [1.82, 2.24) is 10.2 Å². The Morgan fingerprint density at radius 1 is 0.906 bits per heavy atom. The van der Waals surface area contributed by atoms with Gasteiger partial charge in [0.2, 0.25) is 21.8 Å². The molecular formula is C24H33N3O4S. The van der Waals surface area contributed by atoms with Gasteiger partial charge >= 0.3 is 0 Å². The van der Waals surface area contributed by atoms with Gasteiger partial charge in [-0.25, -0.2) is 8.42 Å². The van der Waals surface area contributed by atoms with Crippen LogP contribution >= 0.6 is 0 Å². The predicted octanol–water partition coefficient (Wildman–Crippen LogP) is 2.93. The van der Waals surface area contributed by atoms with Crippen LogP contribution in [0, 0.1) is 5.92 Å². The summed E-state index contributed by atoms with van der Waals surface area (Å²) in [6.07, 6.45) is 11.1. The van der Waals surface area contributed by atoms with Crippen molar-refractivity contribution in [3.8, 4) is 0 Å². The van der Waals surface area contributed by atoms with Crippen LogP contribution in [0.5, 0.6) is 0 Å². The van der Waals surface area contributed by atoms with Crippen LogP contribution < -0.4 is 9.62 Å². The molecule has 0 bridgehead atoms. The van der Waals surface area contributed by atoms with E-state index in [1.165, 1.54) is 16.8 Å². The Kier molecular flexibility index (Phi) is 7.18. The van der Waals surface area contributed by atoms with Crippen molar-refractivity contribution in [3.05, 3.63) is 35.9 Å². The number of piperidine rings is 1. The molecule has 3 aliphatic rings. The Balaban J connectivity index is 1.23. The number of carbonyl (C=O) groups excluding carboxylic acids is 2. The van der Waals surface area contributed by atoms with E-state index in [1.807, 2.05) is 17.0 Å². The lowest BCUT2D eigenvalue weighted by molar-refractivity contribution is -0.137. The maximum Gasteiger partial charge on any atom is 0.244 e. The van der Waals surface area contributed by atoms with E-state index in [1.54, 1.807) is 18.2 Å². The van der Waals surface area contributed by atoms with Crippen LogP contribution in [0.3, 0.4) is 0 Å². The summed E-state index contributed by atoms with van der Waals surface area (Å²) in [7, 11) is -3.18. The van der Waals surface area contributed by atoms with Crippen molar-refractivity contribution in [2.24, 2.45) is 5.92 Å². The molecule has 3 fully saturated rings. The van der Waals surface area contributed by atoms with Gasteiger partial charge in [-0.1, -0.05) is 31.4 Å². The zero-order valence-electron chi connectivity index (χ0n) is 18.5. The molecule has 1 aromatic rings. The first-order valence-electron chi connectivity index (χ1n) is 11.8. The normalized spacial score (nSPS) is 22.4. The molecule has 1 saturated carbocycles. The van der Waals surface area contributed by atoms with Gasteiger partial charge in [0.15, 0.2) is 0 Å². The minimum Gasteiger partial charge on any atom is -0.350 e. The number of hydrogen-bond acceptors (Lipinski definition) is 4. The molecule has 8 heteroatoms. The summed E-state index contributed by atoms with van der Waals surface area (Å²) in [6, 6.07) is 7.29. The number of anilines is 1. The summed E-state index contributed by atoms with van der Waals surface area (Å²) >= 11 is 0. The lowest BCUT2D eigenvalue weighted by Crippen LogP contribution is -2.48. The minimum atomic E-state index is -3.18. The highest BCUT2D eigenvalue weighted by atomic mass is 32.2. The monoisotopic (exact) mass is 459 g/mol. The Labute approximate surface area is 190 Å². The molecule has 2 amide bonds. The standard InChI is InChI=1S/C24H33N3O4S/c28-23(12-9-19-7-10-22(11-8-19)27-15-4-18-32(27,30)31)25-21-13-16-26(17-14-21)24(29)20-5-2-1-3-6-20/h7-12,20-21H,1-6,13-18H2,(H,25,28). The van der Waals surface area contributed by atoms with Gasteiger partial charge in [0.05, 0.1) is 11.4 Å². The van der Waals surface area contributed by atoms with E-state index in [0.717, 1.165) is 44.1 Å². The second-order valence-electron chi connectivity index (χ2n) is 9.11. The average Bonchev–Trinajstić information content (AvgIpc) is 3.17. The van der Waals surface area contributed by atoms with Crippen LogP contribution in [-0.2, 0) is 19.6 Å². The van der Waals surface area contributed by atoms with Gasteiger partial charge in [-0.3, -0.25) is 13.9 Å². The third kappa shape index (κ3) is 5.52. The molecular weight excluding hydrogens is 426 g/mol. The van der Waals surface area contributed by atoms with Crippen molar-refractivity contribution >= 4 is 33.6 Å². The van der Waals surface area contributed by atoms with E-state index >= 15 is 0 Å². The molecule has 174 valence electrons. The fourth-order valence-electron chi connectivity index (χ4n) is 4.95. The quantitative estimate of drug-likeness (QED) is 0.686. The van der Waals surface area contributed by atoms with Crippen molar-refractivity contribution in [1.29, 1.82) is 0 Å². The maximum absolute atomic E-state index is 12.7. The third-order valence-electron chi connectivity index (χ3n) is 6.81. The number of amides is 2. The second kappa shape index (κ2) is 10.1. The number of benzene rings is 1. The Hall–Kier alpha value is -2.35. The van der Waals surface area contributed by atoms with Crippen LogP contribution in [0.1, 0.15) is 56.9 Å². The van der Waals surface area contributed by atoms with Crippen LogP contribution in [0.25, 0.3) is 6.08 Å². The number of rotatable bonds is 5. The number of hydrogen-bond donors (Lipinski definition) is 1. The highest BCUT2D eigenvalue weighted by molar-refractivity contribution is 7.93. The molecule has 1 N–H and O–H groups in total. The summed E-state index contributed by atoms with van der Waals surface area (Å²) in [5.41, 5.74) is 1.51. The van der Waals surface area contributed by atoms with Crippen LogP contribution in [0.4, 0.5) is 5.69 Å². The van der Waals surface area contributed by atoms with Gasteiger partial charge in [-0.2, -0.15) is 0 Å². The maximum atomic E-state index is 12.7. The molecule has 4 rings (SSSR count). The van der Waals surface area contributed by atoms with E-state index in [4.69, 9.17) is 0 Å². The Morgan fingerprint density at radius 2 is 1.59 bits per heavy atom. The zero-order valence-corrected chi connectivity index (χ0v) is 19.4. The van der Waals surface area contributed by atoms with Crippen LogP contribution in [0.2, 0.25) is 0 Å². The molecule has 1 aromatic carbocycles. The first-order chi connectivity index (χ1) is 15.4. The number of nitrogens with one attached hydrogen (secondary N) is 1. The molecule has 0 spiro atoms. The average molecular weight is 460 g/mol. The van der Waals surface area contributed by atoms with Crippen LogP contribution in [0.15, 0.2) is 30.3 Å². The van der Waals surface area contributed by atoms with Gasteiger partial charge in [0.25, 0.3) is 0 Å². The highest BCUT2D eigenvalue weighted by Crippen LogP contribution is 2.27. The Bertz CT molecular complexity index is 944. The van der Waals surface area contributed by atoms with Gasteiger partial charge in [0, 0.05) is 37.7 Å². The lowest BCUT2D eigenvalue weighted by atomic mass is 9.87. The fraction of sp³-hybridized carbons (Fsp3) is 0.583. The number of carbonyl (C=O) groups is 2. The summed E-state index contributed by atoms with van der Waals surface area (Å²) in [6.45, 7) is 1.95. The van der Waals surface area contributed by atoms with E-state index in [9.17, 15) is 18.0 Å². The molecule has 0 radical (unpaired) electrons. The first-order valence-corrected chi connectivity index (χ1v) is 13.4. The zero-order chi connectivity index (χ0) is 22.6. The Morgan fingerprint density at radius 3 is 2.22 bits per heavy atom. The molecule has 2 saturated heterocycles. The molecule has 0 unspecified atom stereocenters. The topological polar surface area (TPSA) is 86.8 Å². The summed E-state index contributed by atoms with van der Waals surface area (Å²) < 4.78 is 25.5. The SMILES string of the molecule is O=C(C=Cc1ccc(N2CCCS2(=O)=O)cc1)NC1CCN(C(=O)C2CCCCC2)CC1. The number of likely N-dealkylation sites (tertiary alicyclic amines) is 1. The molecule has 2 aliphatic heterocycles. The molecule has 1 aliphatic carbocycles. The molecule has 7 nitrogen and oxygen atoms in total. The van der Waals surface area contributed by atoms with E-state index in [0.29, 0.717) is 37.6 Å². The second-order valence-corrected chi connectivity index (χ2v) is 11.1. The van der Waals surface area contributed by atoms with Crippen molar-refractivity contribution in [2.45, 2.75) is 57.4 Å². The summed E-state index contributed by atoms with van der Waals surface area (Å²) in [4.78, 5) is 27.0. The van der Waals surface area contributed by atoms with E-state index in [2.05, 4.69) is 5.32 Å². The minimum absolute atomic E-state index is 0.0882. The van der Waals surface area contributed by atoms with Crippen molar-refractivity contribution in [3.63, 3.8) is 0 Å². The lowest BCUT2D eigenvalue weighted by Gasteiger charge is -2.35.